The van der Waals surface area contributed by atoms with Crippen molar-refractivity contribution < 1.29 is 4.79 Å². The van der Waals surface area contributed by atoms with Crippen LogP contribution in [0.15, 0.2) is 35.3 Å². The molecule has 0 saturated heterocycles. The number of nitrogens with one attached hydrogen (secondary N) is 1. The lowest BCUT2D eigenvalue weighted by atomic mass is 10.1. The summed E-state index contributed by atoms with van der Waals surface area (Å²) in [6.07, 6.45) is 0. The summed E-state index contributed by atoms with van der Waals surface area (Å²) in [6, 6.07) is 9.03. The second kappa shape index (κ2) is 5.17. The van der Waals surface area contributed by atoms with Gasteiger partial charge in [-0.2, -0.15) is 0 Å². The van der Waals surface area contributed by atoms with Crippen molar-refractivity contribution in [3.8, 4) is 0 Å². The molecule has 1 aliphatic rings. The Hall–Kier alpha value is -1.84. The molecule has 0 radical (unpaired) electrons. The molecule has 2 aromatic carbocycles. The van der Waals surface area contributed by atoms with Gasteiger partial charge in [0.05, 0.1) is 11.4 Å². The van der Waals surface area contributed by atoms with Crippen LogP contribution < -0.4 is 5.32 Å². The summed E-state index contributed by atoms with van der Waals surface area (Å²) in [5.74, 6) is -0.227. The predicted octanol–water partition coefficient (Wildman–Crippen LogP) is 4.68. The van der Waals surface area contributed by atoms with Crippen molar-refractivity contribution in [3.63, 3.8) is 0 Å². The Bertz CT molecular complexity index is 797. The maximum Gasteiger partial charge on any atom is 0.275 e. The van der Waals surface area contributed by atoms with E-state index in [0.29, 0.717) is 21.4 Å². The van der Waals surface area contributed by atoms with Gasteiger partial charge >= 0.3 is 0 Å². The van der Waals surface area contributed by atoms with Gasteiger partial charge in [-0.05, 0) is 49.2 Å². The minimum atomic E-state index is -0.227. The third kappa shape index (κ3) is 2.33. The number of anilines is 1. The average Bonchev–Trinajstić information content (AvgIpc) is 2.77. The summed E-state index contributed by atoms with van der Waals surface area (Å²) in [7, 11) is 0. The zero-order chi connectivity index (χ0) is 15.1. The van der Waals surface area contributed by atoms with Crippen molar-refractivity contribution in [3.05, 3.63) is 57.1 Å². The van der Waals surface area contributed by atoms with E-state index in [0.717, 1.165) is 22.4 Å². The summed E-state index contributed by atoms with van der Waals surface area (Å²) in [5.41, 5.74) is 4.25. The van der Waals surface area contributed by atoms with Crippen LogP contribution in [-0.4, -0.2) is 11.6 Å². The van der Waals surface area contributed by atoms with E-state index in [1.54, 1.807) is 18.2 Å². The monoisotopic (exact) mass is 318 g/mol. The second-order valence-electron chi connectivity index (χ2n) is 4.89. The van der Waals surface area contributed by atoms with E-state index < -0.39 is 0 Å². The van der Waals surface area contributed by atoms with E-state index in [4.69, 9.17) is 23.2 Å². The largest absolute Gasteiger partial charge is 0.320 e. The first-order valence-electron chi connectivity index (χ1n) is 6.43. The van der Waals surface area contributed by atoms with Crippen molar-refractivity contribution in [2.45, 2.75) is 13.8 Å². The maximum atomic E-state index is 12.2. The number of fused-ring (bicyclic) bond motifs is 1. The highest BCUT2D eigenvalue weighted by Gasteiger charge is 2.28. The fourth-order valence-electron chi connectivity index (χ4n) is 2.29. The number of carbonyl (C=O) groups excluding carboxylic acids is 1. The summed E-state index contributed by atoms with van der Waals surface area (Å²) < 4.78 is 0. The van der Waals surface area contributed by atoms with E-state index >= 15 is 0 Å². The SMILES string of the molecule is Cc1c(Cl)cccc1N=C1C(=O)Nc2c1ccc(Cl)c2C. The van der Waals surface area contributed by atoms with Crippen LogP contribution >= 0.6 is 23.2 Å². The zero-order valence-corrected chi connectivity index (χ0v) is 13.0. The molecule has 0 spiro atoms. The molecule has 2 aromatic rings. The van der Waals surface area contributed by atoms with Crippen LogP contribution in [0.4, 0.5) is 11.4 Å². The molecule has 0 bridgehead atoms. The highest BCUT2D eigenvalue weighted by Crippen LogP contribution is 2.34. The van der Waals surface area contributed by atoms with Gasteiger partial charge in [-0.25, -0.2) is 4.99 Å². The van der Waals surface area contributed by atoms with Gasteiger partial charge in [0.1, 0.15) is 5.71 Å². The molecule has 106 valence electrons. The third-order valence-corrected chi connectivity index (χ3v) is 4.40. The summed E-state index contributed by atoms with van der Waals surface area (Å²) in [6.45, 7) is 3.75. The minimum absolute atomic E-state index is 0.227. The van der Waals surface area contributed by atoms with Gasteiger partial charge in [0.2, 0.25) is 0 Å². The summed E-state index contributed by atoms with van der Waals surface area (Å²) >= 11 is 12.2. The molecule has 3 rings (SSSR count). The Morgan fingerprint density at radius 2 is 1.71 bits per heavy atom. The molecule has 0 aromatic heterocycles. The highest BCUT2D eigenvalue weighted by atomic mass is 35.5. The number of rotatable bonds is 1. The molecule has 0 unspecified atom stereocenters. The van der Waals surface area contributed by atoms with Crippen molar-refractivity contribution in [1.82, 2.24) is 0 Å². The van der Waals surface area contributed by atoms with Gasteiger partial charge < -0.3 is 5.32 Å². The van der Waals surface area contributed by atoms with Crippen LogP contribution in [0.5, 0.6) is 0 Å². The van der Waals surface area contributed by atoms with E-state index in [-0.39, 0.29) is 5.91 Å². The van der Waals surface area contributed by atoms with Crippen LogP contribution in [0.25, 0.3) is 0 Å². The minimum Gasteiger partial charge on any atom is -0.320 e. The van der Waals surface area contributed by atoms with Crippen LogP contribution in [0.3, 0.4) is 0 Å². The molecule has 1 amide bonds. The Labute approximate surface area is 132 Å². The zero-order valence-electron chi connectivity index (χ0n) is 11.5. The highest BCUT2D eigenvalue weighted by molar-refractivity contribution is 6.54. The quantitative estimate of drug-likeness (QED) is 0.814. The molecule has 1 heterocycles. The normalized spacial score (nSPS) is 15.2. The lowest BCUT2D eigenvalue weighted by Gasteiger charge is -2.05. The van der Waals surface area contributed by atoms with E-state index in [9.17, 15) is 4.79 Å². The fourth-order valence-corrected chi connectivity index (χ4v) is 2.62. The standard InChI is InChI=1S/C16H12Cl2N2O/c1-8-11(17)4-3-5-13(8)19-15-10-6-7-12(18)9(2)14(10)20-16(15)21/h3-7H,1-2H3,(H,19,20,21). The van der Waals surface area contributed by atoms with Gasteiger partial charge in [0, 0.05) is 15.6 Å². The second-order valence-corrected chi connectivity index (χ2v) is 5.71. The number of amides is 1. The number of hydrogen-bond acceptors (Lipinski definition) is 2. The molecule has 5 heteroatoms. The van der Waals surface area contributed by atoms with Gasteiger partial charge in [-0.3, -0.25) is 4.79 Å². The molecule has 1 aliphatic heterocycles. The molecular formula is C16H12Cl2N2O. The molecular weight excluding hydrogens is 307 g/mol. The van der Waals surface area contributed by atoms with E-state index in [1.807, 2.05) is 26.0 Å². The number of halogens is 2. The van der Waals surface area contributed by atoms with E-state index in [2.05, 4.69) is 10.3 Å². The van der Waals surface area contributed by atoms with Crippen molar-refractivity contribution in [2.75, 3.05) is 5.32 Å². The van der Waals surface area contributed by atoms with Crippen LogP contribution in [0.2, 0.25) is 10.0 Å². The molecule has 21 heavy (non-hydrogen) atoms. The Kier molecular flexibility index (Phi) is 3.47. The maximum absolute atomic E-state index is 12.2. The van der Waals surface area contributed by atoms with E-state index in [1.165, 1.54) is 0 Å². The first-order valence-corrected chi connectivity index (χ1v) is 7.19. The Morgan fingerprint density at radius 3 is 2.48 bits per heavy atom. The number of hydrogen-bond donors (Lipinski definition) is 1. The lowest BCUT2D eigenvalue weighted by Crippen LogP contribution is -2.14. The Morgan fingerprint density at radius 1 is 1.00 bits per heavy atom. The van der Waals surface area contributed by atoms with Gasteiger partial charge in [-0.15, -0.1) is 0 Å². The number of benzene rings is 2. The Balaban J connectivity index is 2.17. The average molecular weight is 319 g/mol. The first kappa shape index (κ1) is 14.1. The van der Waals surface area contributed by atoms with Crippen molar-refractivity contribution in [1.29, 1.82) is 0 Å². The number of aliphatic imine (C=N–C) groups is 1. The molecule has 0 fully saturated rings. The molecule has 0 atom stereocenters. The molecule has 3 nitrogen and oxygen atoms in total. The number of nitrogens with zero attached hydrogens (tertiary/aromatic N) is 1. The summed E-state index contributed by atoms with van der Waals surface area (Å²) in [4.78, 5) is 16.7. The lowest BCUT2D eigenvalue weighted by molar-refractivity contribution is -0.110. The van der Waals surface area contributed by atoms with Crippen molar-refractivity contribution >= 4 is 46.2 Å². The topological polar surface area (TPSA) is 41.5 Å². The van der Waals surface area contributed by atoms with Crippen LogP contribution in [0.1, 0.15) is 16.7 Å². The predicted molar refractivity (Wildman–Crippen MR) is 87.2 cm³/mol. The molecule has 1 N–H and O–H groups in total. The number of carbonyl (C=O) groups is 1. The van der Waals surface area contributed by atoms with Crippen LogP contribution in [-0.2, 0) is 4.79 Å². The summed E-state index contributed by atoms with van der Waals surface area (Å²) in [5, 5.41) is 4.07. The van der Waals surface area contributed by atoms with Crippen molar-refractivity contribution in [2.24, 2.45) is 4.99 Å². The smallest absolute Gasteiger partial charge is 0.275 e. The molecule has 0 aliphatic carbocycles. The fraction of sp³-hybridized carbons (Fsp3) is 0.125. The van der Waals surface area contributed by atoms with Gasteiger partial charge in [-0.1, -0.05) is 29.3 Å². The third-order valence-electron chi connectivity index (χ3n) is 3.58. The molecule has 0 saturated carbocycles. The van der Waals surface area contributed by atoms with Crippen LogP contribution in [0, 0.1) is 13.8 Å². The van der Waals surface area contributed by atoms with Gasteiger partial charge in [0.15, 0.2) is 0 Å². The van der Waals surface area contributed by atoms with Gasteiger partial charge in [0.25, 0.3) is 5.91 Å². The first-order chi connectivity index (χ1) is 9.99.